The summed E-state index contributed by atoms with van der Waals surface area (Å²) in [6, 6.07) is 6.34. The lowest BCUT2D eigenvalue weighted by molar-refractivity contribution is -0.306. The molecular formula is C13H8F6N2OS. The molecule has 3 nitrogen and oxygen atoms in total. The van der Waals surface area contributed by atoms with E-state index in [1.165, 1.54) is 4.90 Å². The van der Waals surface area contributed by atoms with Crippen LogP contribution in [0.5, 0.6) is 0 Å². The zero-order valence-electron chi connectivity index (χ0n) is 11.1. The number of para-hydroxylation sites is 1. The predicted octanol–water partition coefficient (Wildman–Crippen LogP) is 3.65. The van der Waals surface area contributed by atoms with Crippen LogP contribution in [0.2, 0.25) is 0 Å². The molecule has 2 heterocycles. The summed E-state index contributed by atoms with van der Waals surface area (Å²) < 4.78 is 79.8. The van der Waals surface area contributed by atoms with E-state index in [2.05, 4.69) is 4.99 Å². The number of aldehydes is 1. The first-order chi connectivity index (χ1) is 10.6. The minimum absolute atomic E-state index is 0.313. The van der Waals surface area contributed by atoms with Crippen molar-refractivity contribution in [2.24, 2.45) is 10.9 Å². The first kappa shape index (κ1) is 16.2. The standard InChI is InChI=1S/C13H8F6N2OS/c14-12(15,16)11(13(17,18)19)7(6-22)5-21-8-3-1-2-4-9(8)23-10(21)20-11/h1-4,6-7H,5H2. The van der Waals surface area contributed by atoms with Gasteiger partial charge < -0.3 is 9.69 Å². The molecule has 1 aromatic carbocycles. The van der Waals surface area contributed by atoms with Crippen LogP contribution < -0.4 is 4.90 Å². The molecule has 2 aliphatic heterocycles. The highest BCUT2D eigenvalue weighted by molar-refractivity contribution is 8.14. The quantitative estimate of drug-likeness (QED) is 0.570. The molecule has 10 heteroatoms. The third-order valence-corrected chi connectivity index (χ3v) is 4.86. The summed E-state index contributed by atoms with van der Waals surface area (Å²) in [5, 5.41) is -0.404. The van der Waals surface area contributed by atoms with Crippen molar-refractivity contribution in [1.29, 1.82) is 0 Å². The maximum Gasteiger partial charge on any atom is 0.423 e. The fourth-order valence-electron chi connectivity index (χ4n) is 2.69. The topological polar surface area (TPSA) is 32.7 Å². The molecule has 1 atom stereocenters. The van der Waals surface area contributed by atoms with Gasteiger partial charge in [0.25, 0.3) is 5.54 Å². The van der Waals surface area contributed by atoms with E-state index in [1.807, 2.05) is 0 Å². The molecule has 23 heavy (non-hydrogen) atoms. The van der Waals surface area contributed by atoms with Gasteiger partial charge in [-0.25, -0.2) is 4.99 Å². The van der Waals surface area contributed by atoms with Crippen LogP contribution in [0.25, 0.3) is 0 Å². The number of hydrogen-bond acceptors (Lipinski definition) is 4. The van der Waals surface area contributed by atoms with Crippen molar-refractivity contribution in [1.82, 2.24) is 0 Å². The number of carbonyl (C=O) groups excluding carboxylic acids is 1. The Morgan fingerprint density at radius 1 is 1.17 bits per heavy atom. The minimum Gasteiger partial charge on any atom is -0.319 e. The van der Waals surface area contributed by atoms with E-state index in [9.17, 15) is 31.1 Å². The van der Waals surface area contributed by atoms with Gasteiger partial charge in [0, 0.05) is 11.4 Å². The van der Waals surface area contributed by atoms with Crippen molar-refractivity contribution >= 4 is 28.9 Å². The van der Waals surface area contributed by atoms with Crippen molar-refractivity contribution in [3.05, 3.63) is 24.3 Å². The summed E-state index contributed by atoms with van der Waals surface area (Å²) in [4.78, 5) is 15.8. The second-order valence-corrected chi connectivity index (χ2v) is 6.09. The smallest absolute Gasteiger partial charge is 0.319 e. The molecule has 0 N–H and O–H groups in total. The molecule has 0 saturated heterocycles. The van der Waals surface area contributed by atoms with Gasteiger partial charge in [0.15, 0.2) is 5.17 Å². The lowest BCUT2D eigenvalue weighted by Gasteiger charge is -2.43. The molecule has 0 saturated carbocycles. The number of alkyl halides is 6. The number of rotatable bonds is 1. The monoisotopic (exact) mass is 354 g/mol. The average Bonchev–Trinajstić information content (AvgIpc) is 2.80. The lowest BCUT2D eigenvalue weighted by atomic mass is 9.82. The maximum absolute atomic E-state index is 13.3. The molecule has 3 rings (SSSR count). The van der Waals surface area contributed by atoms with Gasteiger partial charge >= 0.3 is 12.4 Å². The molecule has 0 spiro atoms. The third-order valence-electron chi connectivity index (χ3n) is 3.80. The molecule has 0 bridgehead atoms. The van der Waals surface area contributed by atoms with Gasteiger partial charge in [-0.3, -0.25) is 0 Å². The average molecular weight is 354 g/mol. The Kier molecular flexibility index (Phi) is 3.44. The predicted molar refractivity (Wildman–Crippen MR) is 71.5 cm³/mol. The number of anilines is 1. The Morgan fingerprint density at radius 2 is 1.78 bits per heavy atom. The van der Waals surface area contributed by atoms with Crippen molar-refractivity contribution in [2.45, 2.75) is 22.8 Å². The summed E-state index contributed by atoms with van der Waals surface area (Å²) in [5.41, 5.74) is -3.97. The zero-order chi connectivity index (χ0) is 17.0. The highest BCUT2D eigenvalue weighted by atomic mass is 32.2. The molecule has 0 amide bonds. The third kappa shape index (κ3) is 2.14. The molecule has 1 unspecified atom stereocenters. The Bertz CT molecular complexity index is 670. The molecular weight excluding hydrogens is 346 g/mol. The van der Waals surface area contributed by atoms with Crippen molar-refractivity contribution < 1.29 is 31.1 Å². The lowest BCUT2D eigenvalue weighted by Crippen LogP contribution is -2.66. The van der Waals surface area contributed by atoms with E-state index in [4.69, 9.17) is 0 Å². The zero-order valence-corrected chi connectivity index (χ0v) is 12.0. The molecule has 2 aliphatic rings. The number of nitrogens with zero attached hydrogens (tertiary/aromatic N) is 2. The largest absolute Gasteiger partial charge is 0.423 e. The van der Waals surface area contributed by atoms with Crippen molar-refractivity contribution in [3.63, 3.8) is 0 Å². The normalized spacial score (nSPS) is 23.1. The molecule has 0 aromatic heterocycles. The molecule has 0 fully saturated rings. The van der Waals surface area contributed by atoms with Crippen LogP contribution in [0, 0.1) is 5.92 Å². The minimum atomic E-state index is -5.73. The molecule has 1 aromatic rings. The van der Waals surface area contributed by atoms with E-state index in [1.54, 1.807) is 24.3 Å². The van der Waals surface area contributed by atoms with Gasteiger partial charge in [-0.05, 0) is 23.9 Å². The summed E-state index contributed by atoms with van der Waals surface area (Å²) in [7, 11) is 0. The fourth-order valence-corrected chi connectivity index (χ4v) is 3.79. The number of halogens is 6. The fraction of sp³-hybridized carbons (Fsp3) is 0.385. The number of fused-ring (bicyclic) bond motifs is 3. The summed E-state index contributed by atoms with van der Waals surface area (Å²) in [6.07, 6.45) is -11.8. The summed E-state index contributed by atoms with van der Waals surface area (Å²) in [5.74, 6) is -2.38. The first-order valence-electron chi connectivity index (χ1n) is 6.35. The Labute approximate surface area is 130 Å². The van der Waals surface area contributed by atoms with E-state index < -0.39 is 35.5 Å². The van der Waals surface area contributed by atoms with E-state index >= 15 is 0 Å². The van der Waals surface area contributed by atoms with Gasteiger partial charge in [-0.2, -0.15) is 26.3 Å². The molecule has 0 aliphatic carbocycles. The van der Waals surface area contributed by atoms with Crippen LogP contribution in [0.1, 0.15) is 0 Å². The van der Waals surface area contributed by atoms with Gasteiger partial charge in [-0.1, -0.05) is 12.1 Å². The van der Waals surface area contributed by atoms with E-state index in [0.717, 1.165) is 11.8 Å². The van der Waals surface area contributed by atoms with Crippen molar-refractivity contribution in [3.8, 4) is 0 Å². The Hall–Kier alpha value is -1.71. The van der Waals surface area contributed by atoms with Crippen LogP contribution in [0.15, 0.2) is 34.2 Å². The van der Waals surface area contributed by atoms with Crippen molar-refractivity contribution in [2.75, 3.05) is 11.4 Å². The maximum atomic E-state index is 13.3. The summed E-state index contributed by atoms with van der Waals surface area (Å²) >= 11 is 0.727. The second kappa shape index (κ2) is 4.89. The summed E-state index contributed by atoms with van der Waals surface area (Å²) in [6.45, 7) is -0.731. The number of benzene rings is 1. The van der Waals surface area contributed by atoms with Gasteiger partial charge in [0.1, 0.15) is 6.29 Å². The van der Waals surface area contributed by atoms with Crippen LogP contribution in [0.4, 0.5) is 32.0 Å². The number of carbonyl (C=O) groups is 1. The van der Waals surface area contributed by atoms with Crippen LogP contribution in [-0.2, 0) is 4.79 Å². The number of hydrogen-bond donors (Lipinski definition) is 0. The number of amidine groups is 1. The van der Waals surface area contributed by atoms with Crippen LogP contribution >= 0.6 is 11.8 Å². The van der Waals surface area contributed by atoms with Gasteiger partial charge in [0.2, 0.25) is 0 Å². The highest BCUT2D eigenvalue weighted by Crippen LogP contribution is 2.55. The van der Waals surface area contributed by atoms with Crippen LogP contribution in [-0.4, -0.2) is 35.9 Å². The van der Waals surface area contributed by atoms with Gasteiger partial charge in [-0.15, -0.1) is 0 Å². The van der Waals surface area contributed by atoms with Crippen LogP contribution in [0.3, 0.4) is 0 Å². The SMILES string of the molecule is O=CC1CN2C(=NC1(C(F)(F)F)C(F)(F)F)Sc1ccccc12. The number of thioether (sulfide) groups is 1. The second-order valence-electron chi connectivity index (χ2n) is 5.08. The van der Waals surface area contributed by atoms with Gasteiger partial charge in [0.05, 0.1) is 11.6 Å². The Balaban J connectivity index is 2.21. The molecule has 124 valence electrons. The van der Waals surface area contributed by atoms with E-state index in [-0.39, 0.29) is 6.29 Å². The Morgan fingerprint density at radius 3 is 2.35 bits per heavy atom. The molecule has 0 radical (unpaired) electrons. The highest BCUT2D eigenvalue weighted by Gasteiger charge is 2.76. The number of aliphatic imine (C=N–C) groups is 1. The first-order valence-corrected chi connectivity index (χ1v) is 7.16. The van der Waals surface area contributed by atoms with E-state index in [0.29, 0.717) is 10.6 Å².